The third kappa shape index (κ3) is 10.2. The van der Waals surface area contributed by atoms with E-state index in [9.17, 15) is 5.11 Å². The summed E-state index contributed by atoms with van der Waals surface area (Å²) in [7, 11) is 1.75. The van der Waals surface area contributed by atoms with Crippen molar-refractivity contribution in [2.24, 2.45) is 0 Å². The van der Waals surface area contributed by atoms with Crippen LogP contribution in [-0.2, 0) is 4.74 Å². The monoisotopic (exact) mass is 277 g/mol. The normalized spacial score (nSPS) is 14.7. The van der Waals surface area contributed by atoms with E-state index in [-0.39, 0.29) is 12.1 Å². The van der Waals surface area contributed by atoms with Crippen molar-refractivity contribution in [1.29, 1.82) is 0 Å². The first-order chi connectivity index (χ1) is 8.68. The molecule has 0 aromatic rings. The van der Waals surface area contributed by atoms with Gasteiger partial charge < -0.3 is 15.2 Å². The van der Waals surface area contributed by atoms with E-state index in [1.807, 2.05) is 11.8 Å². The molecule has 0 radical (unpaired) electrons. The number of hydrogen-bond donors (Lipinski definition) is 2. The molecular formula is C14H31NO2S. The van der Waals surface area contributed by atoms with Gasteiger partial charge in [-0.2, -0.15) is 11.8 Å². The molecular weight excluding hydrogens is 246 g/mol. The number of methoxy groups -OCH3 is 1. The van der Waals surface area contributed by atoms with E-state index in [0.29, 0.717) is 0 Å². The quantitative estimate of drug-likeness (QED) is 0.508. The van der Waals surface area contributed by atoms with Crippen molar-refractivity contribution in [3.63, 3.8) is 0 Å². The molecule has 0 aliphatic heterocycles. The second kappa shape index (κ2) is 12.3. The van der Waals surface area contributed by atoms with Crippen LogP contribution in [-0.4, -0.2) is 49.0 Å². The molecule has 110 valence electrons. The Hall–Kier alpha value is 0.230. The van der Waals surface area contributed by atoms with Gasteiger partial charge in [-0.05, 0) is 50.7 Å². The number of hydrogen-bond acceptors (Lipinski definition) is 4. The van der Waals surface area contributed by atoms with Gasteiger partial charge in [-0.15, -0.1) is 0 Å². The molecule has 0 aromatic carbocycles. The molecule has 0 spiro atoms. The van der Waals surface area contributed by atoms with E-state index >= 15 is 0 Å². The van der Waals surface area contributed by atoms with Gasteiger partial charge in [0.2, 0.25) is 0 Å². The van der Waals surface area contributed by atoms with Gasteiger partial charge in [0.25, 0.3) is 0 Å². The van der Waals surface area contributed by atoms with Crippen LogP contribution in [0.3, 0.4) is 0 Å². The van der Waals surface area contributed by atoms with Gasteiger partial charge in [-0.3, -0.25) is 0 Å². The maximum atomic E-state index is 9.43. The molecule has 1 atom stereocenters. The van der Waals surface area contributed by atoms with Gasteiger partial charge >= 0.3 is 0 Å². The summed E-state index contributed by atoms with van der Waals surface area (Å²) in [6, 6.07) is 0. The largest absolute Gasteiger partial charge is 0.394 e. The van der Waals surface area contributed by atoms with Crippen molar-refractivity contribution in [3.8, 4) is 0 Å². The van der Waals surface area contributed by atoms with Crippen molar-refractivity contribution in [2.45, 2.75) is 51.5 Å². The molecule has 0 saturated carbocycles. The molecule has 0 aliphatic carbocycles. The summed E-state index contributed by atoms with van der Waals surface area (Å²) < 4.78 is 5.02. The maximum absolute atomic E-state index is 9.43. The van der Waals surface area contributed by atoms with Crippen LogP contribution in [0.5, 0.6) is 0 Å². The second-order valence-corrected chi connectivity index (χ2v) is 6.29. The predicted molar refractivity (Wildman–Crippen MR) is 81.5 cm³/mol. The highest BCUT2D eigenvalue weighted by molar-refractivity contribution is 7.99. The summed E-state index contributed by atoms with van der Waals surface area (Å²) in [5.74, 6) is 2.41. The van der Waals surface area contributed by atoms with Crippen LogP contribution >= 0.6 is 11.8 Å². The lowest BCUT2D eigenvalue weighted by Crippen LogP contribution is -2.46. The zero-order chi connectivity index (χ0) is 13.7. The Balaban J connectivity index is 3.44. The molecule has 0 bridgehead atoms. The SMILES string of the molecule is CCCNC(C)(CO)CCCCSCCCOC. The molecule has 0 saturated heterocycles. The molecule has 0 aliphatic rings. The van der Waals surface area contributed by atoms with Crippen LogP contribution in [0.1, 0.15) is 46.0 Å². The lowest BCUT2D eigenvalue weighted by atomic mass is 9.96. The standard InChI is InChI=1S/C14H31NO2S/c1-4-9-15-14(2,13-16)8-5-6-11-18-12-7-10-17-3/h15-16H,4-13H2,1-3H3. The molecule has 3 nitrogen and oxygen atoms in total. The van der Waals surface area contributed by atoms with Crippen LogP contribution in [0.15, 0.2) is 0 Å². The zero-order valence-corrected chi connectivity index (χ0v) is 13.2. The predicted octanol–water partition coefficient (Wildman–Crippen LogP) is 2.68. The first kappa shape index (κ1) is 18.2. The molecule has 0 aromatic heterocycles. The van der Waals surface area contributed by atoms with Crippen molar-refractivity contribution < 1.29 is 9.84 Å². The Bertz CT molecular complexity index is 181. The molecule has 0 rings (SSSR count). The van der Waals surface area contributed by atoms with Gasteiger partial charge in [-0.1, -0.05) is 13.3 Å². The Kier molecular flexibility index (Phi) is 12.4. The molecule has 0 fully saturated rings. The summed E-state index contributed by atoms with van der Waals surface area (Å²) in [5, 5.41) is 12.9. The minimum atomic E-state index is -0.0866. The third-order valence-corrected chi connectivity index (χ3v) is 4.21. The number of rotatable bonds is 13. The van der Waals surface area contributed by atoms with E-state index in [2.05, 4.69) is 19.2 Å². The first-order valence-electron chi connectivity index (χ1n) is 7.11. The first-order valence-corrected chi connectivity index (χ1v) is 8.26. The fourth-order valence-corrected chi connectivity index (χ4v) is 2.71. The molecule has 0 amide bonds. The Morgan fingerprint density at radius 2 is 1.94 bits per heavy atom. The molecule has 18 heavy (non-hydrogen) atoms. The highest BCUT2D eigenvalue weighted by atomic mass is 32.2. The smallest absolute Gasteiger partial charge is 0.0610 e. The summed E-state index contributed by atoms with van der Waals surface area (Å²) >= 11 is 2.01. The van der Waals surface area contributed by atoms with Crippen molar-refractivity contribution in [2.75, 3.05) is 38.4 Å². The van der Waals surface area contributed by atoms with Gasteiger partial charge in [0, 0.05) is 19.3 Å². The lowest BCUT2D eigenvalue weighted by Gasteiger charge is -2.28. The average molecular weight is 277 g/mol. The maximum Gasteiger partial charge on any atom is 0.0610 e. The molecule has 0 heterocycles. The zero-order valence-electron chi connectivity index (χ0n) is 12.3. The molecule has 4 heteroatoms. The van der Waals surface area contributed by atoms with Crippen molar-refractivity contribution in [1.82, 2.24) is 5.32 Å². The van der Waals surface area contributed by atoms with Crippen molar-refractivity contribution >= 4 is 11.8 Å². The number of thioether (sulfide) groups is 1. The molecule has 2 N–H and O–H groups in total. The second-order valence-electron chi connectivity index (χ2n) is 5.06. The van der Waals surface area contributed by atoms with Gasteiger partial charge in [0.1, 0.15) is 0 Å². The van der Waals surface area contributed by atoms with Crippen LogP contribution in [0.4, 0.5) is 0 Å². The molecule has 1 unspecified atom stereocenters. The fraction of sp³-hybridized carbons (Fsp3) is 1.00. The van der Waals surface area contributed by atoms with Crippen LogP contribution in [0, 0.1) is 0 Å². The number of aliphatic hydroxyl groups is 1. The Labute approximate surface area is 117 Å². The lowest BCUT2D eigenvalue weighted by molar-refractivity contribution is 0.163. The summed E-state index contributed by atoms with van der Waals surface area (Å²) in [6.45, 7) is 6.36. The summed E-state index contributed by atoms with van der Waals surface area (Å²) in [5.41, 5.74) is -0.0866. The summed E-state index contributed by atoms with van der Waals surface area (Å²) in [4.78, 5) is 0. The average Bonchev–Trinajstić information content (AvgIpc) is 2.39. The van der Waals surface area contributed by atoms with E-state index in [1.54, 1.807) is 7.11 Å². The van der Waals surface area contributed by atoms with E-state index in [1.165, 1.54) is 24.3 Å². The Morgan fingerprint density at radius 3 is 2.56 bits per heavy atom. The minimum Gasteiger partial charge on any atom is -0.394 e. The van der Waals surface area contributed by atoms with Gasteiger partial charge in [-0.25, -0.2) is 0 Å². The van der Waals surface area contributed by atoms with Crippen LogP contribution < -0.4 is 5.32 Å². The van der Waals surface area contributed by atoms with E-state index < -0.39 is 0 Å². The van der Waals surface area contributed by atoms with Crippen LogP contribution in [0.2, 0.25) is 0 Å². The number of aliphatic hydroxyl groups excluding tert-OH is 1. The number of unbranched alkanes of at least 4 members (excludes halogenated alkanes) is 1. The highest BCUT2D eigenvalue weighted by Crippen LogP contribution is 2.15. The minimum absolute atomic E-state index is 0.0866. The number of nitrogens with one attached hydrogen (secondary N) is 1. The fourth-order valence-electron chi connectivity index (χ4n) is 1.78. The third-order valence-electron chi connectivity index (χ3n) is 3.06. The topological polar surface area (TPSA) is 41.5 Å². The van der Waals surface area contributed by atoms with Gasteiger partial charge in [0.15, 0.2) is 0 Å². The summed E-state index contributed by atoms with van der Waals surface area (Å²) in [6.07, 6.45) is 5.74. The Morgan fingerprint density at radius 1 is 1.22 bits per heavy atom. The van der Waals surface area contributed by atoms with E-state index in [4.69, 9.17) is 4.74 Å². The van der Waals surface area contributed by atoms with Crippen LogP contribution in [0.25, 0.3) is 0 Å². The highest BCUT2D eigenvalue weighted by Gasteiger charge is 2.20. The van der Waals surface area contributed by atoms with Gasteiger partial charge in [0.05, 0.1) is 6.61 Å². The van der Waals surface area contributed by atoms with E-state index in [0.717, 1.165) is 32.4 Å². The number of ether oxygens (including phenoxy) is 1. The van der Waals surface area contributed by atoms with Crippen molar-refractivity contribution in [3.05, 3.63) is 0 Å².